The topological polar surface area (TPSA) is 29.3 Å². The van der Waals surface area contributed by atoms with Gasteiger partial charge in [-0.3, -0.25) is 4.90 Å². The molecule has 1 heterocycles. The van der Waals surface area contributed by atoms with E-state index in [0.717, 1.165) is 6.54 Å². The summed E-state index contributed by atoms with van der Waals surface area (Å²) in [4.78, 5) is 2.58. The minimum Gasteiger partial charge on any atom is -0.327 e. The predicted octanol–water partition coefficient (Wildman–Crippen LogP) is 3.01. The standard InChI is InChI=1S/C16H26N2/c1-12-7-8-13(2)15(10-12)11-18-9-5-4-6-16(18)14(3)17/h7-8,10,14,16H,4-6,9,11,17H2,1-3H3. The summed E-state index contributed by atoms with van der Waals surface area (Å²) < 4.78 is 0. The van der Waals surface area contributed by atoms with Crippen molar-refractivity contribution < 1.29 is 0 Å². The molecule has 1 aliphatic rings. The zero-order valence-electron chi connectivity index (χ0n) is 11.9. The van der Waals surface area contributed by atoms with E-state index in [9.17, 15) is 0 Å². The van der Waals surface area contributed by atoms with Crippen molar-refractivity contribution in [3.63, 3.8) is 0 Å². The SMILES string of the molecule is Cc1ccc(C)c(CN2CCCCC2C(C)N)c1. The highest BCUT2D eigenvalue weighted by molar-refractivity contribution is 5.30. The van der Waals surface area contributed by atoms with Gasteiger partial charge in [-0.1, -0.05) is 30.2 Å². The summed E-state index contributed by atoms with van der Waals surface area (Å²) in [5.74, 6) is 0. The van der Waals surface area contributed by atoms with E-state index < -0.39 is 0 Å². The van der Waals surface area contributed by atoms with E-state index in [1.807, 2.05) is 0 Å². The van der Waals surface area contributed by atoms with Crippen molar-refractivity contribution in [2.75, 3.05) is 6.54 Å². The highest BCUT2D eigenvalue weighted by atomic mass is 15.2. The number of hydrogen-bond donors (Lipinski definition) is 1. The Morgan fingerprint density at radius 1 is 1.33 bits per heavy atom. The van der Waals surface area contributed by atoms with Gasteiger partial charge in [-0.25, -0.2) is 0 Å². The van der Waals surface area contributed by atoms with E-state index in [0.29, 0.717) is 6.04 Å². The minimum atomic E-state index is 0.274. The smallest absolute Gasteiger partial charge is 0.0248 e. The summed E-state index contributed by atoms with van der Waals surface area (Å²) in [6, 6.07) is 7.57. The monoisotopic (exact) mass is 246 g/mol. The molecule has 1 aromatic carbocycles. The third kappa shape index (κ3) is 3.12. The molecule has 100 valence electrons. The lowest BCUT2D eigenvalue weighted by molar-refractivity contribution is 0.123. The van der Waals surface area contributed by atoms with E-state index in [2.05, 4.69) is 43.9 Å². The Bertz CT molecular complexity index is 398. The maximum atomic E-state index is 6.14. The lowest BCUT2D eigenvalue weighted by Crippen LogP contribution is -2.48. The number of benzene rings is 1. The molecule has 2 rings (SSSR count). The van der Waals surface area contributed by atoms with Crippen LogP contribution >= 0.6 is 0 Å². The average Bonchev–Trinajstić information content (AvgIpc) is 2.34. The zero-order valence-corrected chi connectivity index (χ0v) is 11.9. The third-order valence-corrected chi connectivity index (χ3v) is 4.15. The van der Waals surface area contributed by atoms with Gasteiger partial charge in [0.15, 0.2) is 0 Å². The molecule has 2 atom stereocenters. The van der Waals surface area contributed by atoms with Crippen LogP contribution in [0.2, 0.25) is 0 Å². The summed E-state index contributed by atoms with van der Waals surface area (Å²) >= 11 is 0. The molecule has 0 aliphatic carbocycles. The number of likely N-dealkylation sites (tertiary alicyclic amines) is 1. The van der Waals surface area contributed by atoms with Crippen LogP contribution in [-0.4, -0.2) is 23.5 Å². The molecule has 1 saturated heterocycles. The Morgan fingerprint density at radius 2 is 2.11 bits per heavy atom. The molecule has 2 N–H and O–H groups in total. The maximum absolute atomic E-state index is 6.14. The Hall–Kier alpha value is -0.860. The normalized spacial score (nSPS) is 23.0. The van der Waals surface area contributed by atoms with Gasteiger partial charge in [0.25, 0.3) is 0 Å². The summed E-state index contributed by atoms with van der Waals surface area (Å²) in [6.07, 6.45) is 3.89. The molecule has 18 heavy (non-hydrogen) atoms. The largest absolute Gasteiger partial charge is 0.327 e. The number of aryl methyl sites for hydroxylation is 2. The molecule has 0 amide bonds. The molecule has 2 unspecified atom stereocenters. The van der Waals surface area contributed by atoms with Crippen molar-refractivity contribution in [1.82, 2.24) is 4.90 Å². The molecular weight excluding hydrogens is 220 g/mol. The fourth-order valence-corrected chi connectivity index (χ4v) is 3.00. The third-order valence-electron chi connectivity index (χ3n) is 4.15. The van der Waals surface area contributed by atoms with Crippen molar-refractivity contribution in [1.29, 1.82) is 0 Å². The minimum absolute atomic E-state index is 0.274. The first kappa shape index (κ1) is 13.6. The fourth-order valence-electron chi connectivity index (χ4n) is 3.00. The summed E-state index contributed by atoms with van der Waals surface area (Å²) in [6.45, 7) is 8.77. The van der Waals surface area contributed by atoms with E-state index in [1.54, 1.807) is 0 Å². The predicted molar refractivity (Wildman–Crippen MR) is 77.6 cm³/mol. The lowest BCUT2D eigenvalue weighted by atomic mass is 9.95. The Balaban J connectivity index is 2.13. The van der Waals surface area contributed by atoms with E-state index in [1.165, 1.54) is 42.5 Å². The lowest BCUT2D eigenvalue weighted by Gasteiger charge is -2.38. The molecular formula is C16H26N2. The summed E-state index contributed by atoms with van der Waals surface area (Å²) in [5, 5.41) is 0. The Morgan fingerprint density at radius 3 is 2.83 bits per heavy atom. The van der Waals surface area contributed by atoms with Gasteiger partial charge in [0, 0.05) is 18.6 Å². The number of rotatable bonds is 3. The van der Waals surface area contributed by atoms with Crippen LogP contribution in [-0.2, 0) is 6.54 Å². The molecule has 1 aromatic rings. The highest BCUT2D eigenvalue weighted by Crippen LogP contribution is 2.23. The van der Waals surface area contributed by atoms with Gasteiger partial charge < -0.3 is 5.73 Å². The van der Waals surface area contributed by atoms with Gasteiger partial charge >= 0.3 is 0 Å². The first-order chi connectivity index (χ1) is 8.58. The molecule has 2 nitrogen and oxygen atoms in total. The van der Waals surface area contributed by atoms with Crippen LogP contribution in [0.4, 0.5) is 0 Å². The second-order valence-corrected chi connectivity index (χ2v) is 5.82. The Kier molecular flexibility index (Phi) is 4.41. The number of piperidine rings is 1. The quantitative estimate of drug-likeness (QED) is 0.888. The Labute approximate surface area is 111 Å². The molecule has 0 saturated carbocycles. The van der Waals surface area contributed by atoms with Crippen LogP contribution in [0.1, 0.15) is 42.9 Å². The summed E-state index contributed by atoms with van der Waals surface area (Å²) in [5.41, 5.74) is 10.3. The summed E-state index contributed by atoms with van der Waals surface area (Å²) in [7, 11) is 0. The van der Waals surface area contributed by atoms with Gasteiger partial charge in [-0.15, -0.1) is 0 Å². The van der Waals surface area contributed by atoms with Crippen molar-refractivity contribution in [2.45, 2.75) is 58.7 Å². The second-order valence-electron chi connectivity index (χ2n) is 5.82. The molecule has 1 fully saturated rings. The van der Waals surface area contributed by atoms with Crippen LogP contribution in [0.5, 0.6) is 0 Å². The van der Waals surface area contributed by atoms with Crippen LogP contribution in [0.15, 0.2) is 18.2 Å². The molecule has 0 spiro atoms. The zero-order chi connectivity index (χ0) is 13.1. The van der Waals surface area contributed by atoms with Gasteiger partial charge in [-0.05, 0) is 51.3 Å². The van der Waals surface area contributed by atoms with Crippen molar-refractivity contribution in [3.05, 3.63) is 34.9 Å². The number of nitrogens with two attached hydrogens (primary N) is 1. The van der Waals surface area contributed by atoms with Crippen LogP contribution in [0.3, 0.4) is 0 Å². The molecule has 1 aliphatic heterocycles. The highest BCUT2D eigenvalue weighted by Gasteiger charge is 2.25. The maximum Gasteiger partial charge on any atom is 0.0248 e. The molecule has 0 aromatic heterocycles. The number of hydrogen-bond acceptors (Lipinski definition) is 2. The molecule has 2 heteroatoms. The van der Waals surface area contributed by atoms with Gasteiger partial charge in [-0.2, -0.15) is 0 Å². The van der Waals surface area contributed by atoms with Crippen LogP contribution in [0, 0.1) is 13.8 Å². The van der Waals surface area contributed by atoms with Crippen molar-refractivity contribution in [2.24, 2.45) is 5.73 Å². The van der Waals surface area contributed by atoms with Crippen molar-refractivity contribution in [3.8, 4) is 0 Å². The van der Waals surface area contributed by atoms with E-state index in [4.69, 9.17) is 5.73 Å². The van der Waals surface area contributed by atoms with Crippen LogP contribution in [0.25, 0.3) is 0 Å². The fraction of sp³-hybridized carbons (Fsp3) is 0.625. The van der Waals surface area contributed by atoms with Gasteiger partial charge in [0.1, 0.15) is 0 Å². The first-order valence-electron chi connectivity index (χ1n) is 7.13. The molecule has 0 bridgehead atoms. The van der Waals surface area contributed by atoms with E-state index >= 15 is 0 Å². The van der Waals surface area contributed by atoms with Crippen molar-refractivity contribution >= 4 is 0 Å². The van der Waals surface area contributed by atoms with Crippen LogP contribution < -0.4 is 5.73 Å². The van der Waals surface area contributed by atoms with Gasteiger partial charge in [0.2, 0.25) is 0 Å². The first-order valence-corrected chi connectivity index (χ1v) is 7.13. The van der Waals surface area contributed by atoms with E-state index in [-0.39, 0.29) is 6.04 Å². The van der Waals surface area contributed by atoms with Gasteiger partial charge in [0.05, 0.1) is 0 Å². The number of nitrogens with zero attached hydrogens (tertiary/aromatic N) is 1. The second kappa shape index (κ2) is 5.85. The molecule has 0 radical (unpaired) electrons. The average molecular weight is 246 g/mol.